The third-order valence-electron chi connectivity index (χ3n) is 9.68. The molecule has 0 radical (unpaired) electrons. The smallest absolute Gasteiger partial charge is 0.339 e. The standard InChI is InChI=1S/C37H62N2O5Si2/c1-25(28(4)44-46(14,15)36(5,6)7)19-20-26(2)34-31(42-37(8,9)43-34)18-16-17-29-32(35(40)41-21-22-45(11,12)13)27(3)23-30-33(29)38-24-39(30)10/h16-17,19-20,23-26,28,31,34H,18,21-22H2,1-15H3/b17-16+,20-19-/t25-,26?,28+,31+,34?/m1/s1. The van der Waals surface area contributed by atoms with Gasteiger partial charge in [-0.25, -0.2) is 9.78 Å². The molecule has 0 spiro atoms. The van der Waals surface area contributed by atoms with Gasteiger partial charge in [-0.2, -0.15) is 0 Å². The number of hydrogen-bond acceptors (Lipinski definition) is 6. The number of carbonyl (C=O) groups excluding carboxylic acids is 1. The lowest BCUT2D eigenvalue weighted by atomic mass is 9.94. The van der Waals surface area contributed by atoms with E-state index in [4.69, 9.17) is 18.6 Å². The molecule has 7 nitrogen and oxygen atoms in total. The van der Waals surface area contributed by atoms with Gasteiger partial charge in [-0.05, 0) is 75.8 Å². The molecule has 1 fully saturated rings. The molecule has 0 saturated carbocycles. The Labute approximate surface area is 281 Å². The van der Waals surface area contributed by atoms with Gasteiger partial charge in [-0.3, -0.25) is 0 Å². The number of imidazole rings is 1. The number of esters is 1. The molecule has 0 aliphatic carbocycles. The van der Waals surface area contributed by atoms with Gasteiger partial charge in [0, 0.05) is 32.7 Å². The number of hydrogen-bond donors (Lipinski definition) is 0. The van der Waals surface area contributed by atoms with Crippen LogP contribution in [0.3, 0.4) is 0 Å². The first-order valence-corrected chi connectivity index (χ1v) is 23.6. The van der Waals surface area contributed by atoms with E-state index < -0.39 is 22.2 Å². The molecule has 5 atom stereocenters. The summed E-state index contributed by atoms with van der Waals surface area (Å²) >= 11 is 0. The van der Waals surface area contributed by atoms with Gasteiger partial charge in [0.1, 0.15) is 0 Å². The quantitative estimate of drug-likeness (QED) is 0.120. The first kappa shape index (κ1) is 38.4. The third kappa shape index (κ3) is 9.75. The van der Waals surface area contributed by atoms with Crippen LogP contribution in [0.25, 0.3) is 17.1 Å². The summed E-state index contributed by atoms with van der Waals surface area (Å²) in [7, 11) is -1.21. The van der Waals surface area contributed by atoms with Crippen LogP contribution in [-0.2, 0) is 25.7 Å². The SMILES string of the molecule is Cc1cc2c(ncn2C)c(/C=C/C[C@@H]2OC(C)(C)OC2C(C)/C=C\[C@@H](C)[C@H](C)O[Si](C)(C)C(C)(C)C)c1C(=O)OCC[Si](C)(C)C. The van der Waals surface area contributed by atoms with Gasteiger partial charge < -0.3 is 23.2 Å². The molecule has 1 aliphatic heterocycles. The van der Waals surface area contributed by atoms with Gasteiger partial charge in [0.05, 0.1) is 41.7 Å². The molecule has 0 amide bonds. The number of ether oxygens (including phenoxy) is 3. The van der Waals surface area contributed by atoms with Gasteiger partial charge >= 0.3 is 5.97 Å². The molecule has 1 aromatic heterocycles. The fraction of sp³-hybridized carbons (Fsp3) is 0.676. The van der Waals surface area contributed by atoms with Gasteiger partial charge in [-0.15, -0.1) is 0 Å². The van der Waals surface area contributed by atoms with E-state index in [2.05, 4.69) is 97.5 Å². The fourth-order valence-electron chi connectivity index (χ4n) is 5.56. The van der Waals surface area contributed by atoms with Crippen molar-refractivity contribution in [1.82, 2.24) is 9.55 Å². The predicted molar refractivity (Wildman–Crippen MR) is 197 cm³/mol. The number of benzene rings is 1. The Morgan fingerprint density at radius 2 is 1.76 bits per heavy atom. The molecule has 0 bridgehead atoms. The van der Waals surface area contributed by atoms with E-state index >= 15 is 0 Å². The first-order valence-electron chi connectivity index (χ1n) is 17.0. The first-order chi connectivity index (χ1) is 21.0. The van der Waals surface area contributed by atoms with E-state index in [1.807, 2.05) is 44.5 Å². The monoisotopic (exact) mass is 670 g/mol. The second kappa shape index (κ2) is 14.6. The lowest BCUT2D eigenvalue weighted by Gasteiger charge is -2.39. The molecule has 2 heterocycles. The molecule has 2 aromatic rings. The van der Waals surface area contributed by atoms with Crippen molar-refractivity contribution in [3.05, 3.63) is 47.3 Å². The van der Waals surface area contributed by atoms with Crippen LogP contribution in [0.15, 0.2) is 30.6 Å². The summed E-state index contributed by atoms with van der Waals surface area (Å²) in [6.07, 6.45) is 11.0. The Morgan fingerprint density at radius 1 is 1.11 bits per heavy atom. The molecule has 9 heteroatoms. The van der Waals surface area contributed by atoms with Gasteiger partial charge in [0.2, 0.25) is 0 Å². The molecule has 2 unspecified atom stereocenters. The Balaban J connectivity index is 1.80. The summed E-state index contributed by atoms with van der Waals surface area (Å²) < 4.78 is 27.3. The Morgan fingerprint density at radius 3 is 2.37 bits per heavy atom. The number of aromatic nitrogens is 2. The van der Waals surface area contributed by atoms with Crippen molar-refractivity contribution in [2.24, 2.45) is 18.9 Å². The summed E-state index contributed by atoms with van der Waals surface area (Å²) in [5.41, 5.74) is 4.03. The molecular formula is C37H62N2O5Si2. The minimum Gasteiger partial charge on any atom is -0.462 e. The lowest BCUT2D eigenvalue weighted by molar-refractivity contribution is -0.148. The summed E-state index contributed by atoms with van der Waals surface area (Å²) in [5, 5.41) is 0.175. The van der Waals surface area contributed by atoms with Crippen molar-refractivity contribution in [1.29, 1.82) is 0 Å². The van der Waals surface area contributed by atoms with E-state index in [0.717, 1.165) is 28.2 Å². The van der Waals surface area contributed by atoms with Crippen LogP contribution >= 0.6 is 0 Å². The zero-order valence-corrected chi connectivity index (χ0v) is 33.4. The molecule has 1 saturated heterocycles. The van der Waals surface area contributed by atoms with E-state index in [1.54, 1.807) is 6.33 Å². The van der Waals surface area contributed by atoms with Crippen LogP contribution in [0.2, 0.25) is 43.8 Å². The maximum absolute atomic E-state index is 13.4. The highest BCUT2D eigenvalue weighted by molar-refractivity contribution is 6.76. The molecule has 258 valence electrons. The van der Waals surface area contributed by atoms with Crippen LogP contribution in [-0.4, -0.2) is 62.6 Å². The normalized spacial score (nSPS) is 21.4. The van der Waals surface area contributed by atoms with Gasteiger partial charge in [0.25, 0.3) is 0 Å². The minimum atomic E-state index is -1.85. The molecule has 1 aliphatic rings. The number of carbonyl (C=O) groups is 1. The number of rotatable bonds is 13. The van der Waals surface area contributed by atoms with Crippen LogP contribution < -0.4 is 0 Å². The summed E-state index contributed by atoms with van der Waals surface area (Å²) in [6, 6.07) is 2.95. The van der Waals surface area contributed by atoms with E-state index in [0.29, 0.717) is 18.6 Å². The zero-order chi connectivity index (χ0) is 34.8. The van der Waals surface area contributed by atoms with Crippen molar-refractivity contribution in [3.8, 4) is 0 Å². The van der Waals surface area contributed by atoms with Crippen LogP contribution in [0.4, 0.5) is 0 Å². The van der Waals surface area contributed by atoms with Crippen LogP contribution in [0.5, 0.6) is 0 Å². The topological polar surface area (TPSA) is 71.8 Å². The van der Waals surface area contributed by atoms with Crippen molar-refractivity contribution in [2.75, 3.05) is 6.61 Å². The number of fused-ring (bicyclic) bond motifs is 1. The maximum Gasteiger partial charge on any atom is 0.339 e. The van der Waals surface area contributed by atoms with E-state index in [-0.39, 0.29) is 41.2 Å². The van der Waals surface area contributed by atoms with Crippen molar-refractivity contribution < 1.29 is 23.4 Å². The molecule has 46 heavy (non-hydrogen) atoms. The third-order valence-corrected chi connectivity index (χ3v) is 16.0. The molecule has 3 rings (SSSR count). The highest BCUT2D eigenvalue weighted by Gasteiger charge is 2.43. The van der Waals surface area contributed by atoms with Gasteiger partial charge in [0.15, 0.2) is 14.1 Å². The molecule has 1 aromatic carbocycles. The summed E-state index contributed by atoms with van der Waals surface area (Å²) in [5.74, 6) is -0.558. The zero-order valence-electron chi connectivity index (χ0n) is 31.4. The van der Waals surface area contributed by atoms with Crippen LogP contribution in [0.1, 0.15) is 83.3 Å². The Bertz CT molecular complexity index is 1410. The van der Waals surface area contributed by atoms with E-state index in [1.165, 1.54) is 0 Å². The Hall–Kier alpha value is -2.05. The van der Waals surface area contributed by atoms with Crippen LogP contribution in [0, 0.1) is 18.8 Å². The maximum atomic E-state index is 13.4. The van der Waals surface area contributed by atoms with Gasteiger partial charge in [-0.1, -0.05) is 78.6 Å². The fourth-order valence-corrected chi connectivity index (χ4v) is 7.77. The average molecular weight is 671 g/mol. The van der Waals surface area contributed by atoms with Crippen molar-refractivity contribution in [2.45, 2.75) is 137 Å². The minimum absolute atomic E-state index is 0.113. The van der Waals surface area contributed by atoms with Crippen molar-refractivity contribution >= 4 is 39.5 Å². The Kier molecular flexibility index (Phi) is 12.2. The largest absolute Gasteiger partial charge is 0.462 e. The highest BCUT2D eigenvalue weighted by Crippen LogP contribution is 2.39. The van der Waals surface area contributed by atoms with E-state index in [9.17, 15) is 4.79 Å². The molecule has 0 N–H and O–H groups in total. The second-order valence-electron chi connectivity index (χ2n) is 16.6. The molecular weight excluding hydrogens is 609 g/mol. The number of nitrogens with zero attached hydrogens (tertiary/aromatic N) is 2. The summed E-state index contributed by atoms with van der Waals surface area (Å²) in [6.45, 7) is 31.3. The predicted octanol–water partition coefficient (Wildman–Crippen LogP) is 9.54. The lowest BCUT2D eigenvalue weighted by Crippen LogP contribution is -2.44. The summed E-state index contributed by atoms with van der Waals surface area (Å²) in [4.78, 5) is 18.1. The number of aryl methyl sites for hydroxylation is 2. The average Bonchev–Trinajstić information content (AvgIpc) is 3.43. The van der Waals surface area contributed by atoms with Crippen molar-refractivity contribution in [3.63, 3.8) is 0 Å². The second-order valence-corrected chi connectivity index (χ2v) is 27.0. The highest BCUT2D eigenvalue weighted by atomic mass is 28.4.